The molecule has 2 spiro atoms. The van der Waals surface area contributed by atoms with Crippen molar-refractivity contribution in [1.29, 1.82) is 0 Å². The fraction of sp³-hybridized carbons (Fsp3) is 0.667. The Balaban J connectivity index is 0.000000267. The minimum atomic E-state index is -1.03. The summed E-state index contributed by atoms with van der Waals surface area (Å²) in [7, 11) is 0. The van der Waals surface area contributed by atoms with Crippen molar-refractivity contribution >= 4 is 0 Å². The maximum Gasteiger partial charge on any atom is 0.330 e. The van der Waals surface area contributed by atoms with Gasteiger partial charge in [0, 0.05) is 63.7 Å². The number of rotatable bonds is 4. The van der Waals surface area contributed by atoms with E-state index in [9.17, 15) is 29.4 Å². The van der Waals surface area contributed by atoms with Crippen LogP contribution in [0.1, 0.15) is 45.6 Å². The van der Waals surface area contributed by atoms with Gasteiger partial charge in [0.25, 0.3) is 11.1 Å². The number of nitrogens with one attached hydrogen (secondary N) is 2. The van der Waals surface area contributed by atoms with Gasteiger partial charge in [-0.05, 0) is 6.42 Å². The maximum atomic E-state index is 11.9. The van der Waals surface area contributed by atoms with Crippen LogP contribution >= 0.6 is 0 Å². The van der Waals surface area contributed by atoms with Gasteiger partial charge in [0.15, 0.2) is 12.5 Å². The number of aliphatic hydroxyl groups is 2. The molecule has 6 heterocycles. The number of ether oxygens (including phenoxy) is 4. The first-order valence-electron chi connectivity index (χ1n) is 12.7. The van der Waals surface area contributed by atoms with E-state index in [0.29, 0.717) is 19.6 Å². The van der Waals surface area contributed by atoms with Crippen LogP contribution in [0.3, 0.4) is 0 Å². The molecule has 0 aliphatic carbocycles. The van der Waals surface area contributed by atoms with Crippen LogP contribution in [0.5, 0.6) is 0 Å². The number of H-pyrrole nitrogens is 2. The summed E-state index contributed by atoms with van der Waals surface area (Å²) < 4.78 is 25.3. The molecule has 4 saturated heterocycles. The van der Waals surface area contributed by atoms with Gasteiger partial charge in [-0.25, -0.2) is 9.59 Å². The van der Waals surface area contributed by atoms with Crippen molar-refractivity contribution in [2.45, 2.75) is 75.1 Å². The molecule has 41 heavy (non-hydrogen) atoms. The Labute approximate surface area is 246 Å². The number of hydrogen-bond acceptors (Lipinski definition) is 10. The second kappa shape index (κ2) is 13.3. The van der Waals surface area contributed by atoms with Crippen LogP contribution in [0.4, 0.5) is 0 Å². The minimum absolute atomic E-state index is 0. The number of nitrogens with zero attached hydrogens (tertiary/aromatic N) is 2. The molecule has 2 aromatic heterocycles. The van der Waals surface area contributed by atoms with Gasteiger partial charge < -0.3 is 40.1 Å². The van der Waals surface area contributed by atoms with Crippen LogP contribution < -0.4 is 22.5 Å². The average Bonchev–Trinajstić information content (AvgIpc) is 3.30. The first-order valence-corrected chi connectivity index (χ1v) is 12.7. The van der Waals surface area contributed by atoms with E-state index in [2.05, 4.69) is 23.8 Å². The molecular formula is C24H36N4O12Pd. The van der Waals surface area contributed by atoms with E-state index < -0.39 is 58.4 Å². The van der Waals surface area contributed by atoms with Crippen molar-refractivity contribution in [2.75, 3.05) is 19.8 Å². The number of aromatic nitrogens is 4. The molecule has 0 bridgehead atoms. The van der Waals surface area contributed by atoms with Gasteiger partial charge in [-0.2, -0.15) is 0 Å². The van der Waals surface area contributed by atoms with Crippen molar-refractivity contribution < 1.29 is 60.5 Å². The number of aromatic amines is 2. The van der Waals surface area contributed by atoms with Crippen LogP contribution in [0.2, 0.25) is 0 Å². The second-order valence-electron chi connectivity index (χ2n) is 10.0. The first kappa shape index (κ1) is 34.9. The molecule has 0 unspecified atom stereocenters. The Kier molecular flexibility index (Phi) is 11.4. The predicted octanol–water partition coefficient (Wildman–Crippen LogP) is -3.07. The Bertz CT molecular complexity index is 1290. The Morgan fingerprint density at radius 2 is 1.32 bits per heavy atom. The zero-order valence-electron chi connectivity index (χ0n) is 22.4. The summed E-state index contributed by atoms with van der Waals surface area (Å²) >= 11 is 0. The Morgan fingerprint density at radius 3 is 1.68 bits per heavy atom. The fourth-order valence-electron chi connectivity index (χ4n) is 5.83. The molecule has 0 amide bonds. The van der Waals surface area contributed by atoms with Gasteiger partial charge in [-0.3, -0.25) is 28.7 Å². The van der Waals surface area contributed by atoms with Crippen LogP contribution in [-0.4, -0.2) is 89.6 Å². The SMILES string of the molecule is CC[C@H]1O[C@@H](n2ccc(=O)[nH]c2=O)[C@@]2(CCO2)[C@@H]1C.O.O.O=c1ccn([C@@H]2O[C@H](CO)[C@@H](O)[C@]23CCO3)c(=O)[nH]1.[Pd]. The summed E-state index contributed by atoms with van der Waals surface area (Å²) in [5, 5.41) is 19.3. The predicted molar refractivity (Wildman–Crippen MR) is 137 cm³/mol. The second-order valence-corrected chi connectivity index (χ2v) is 10.0. The summed E-state index contributed by atoms with van der Waals surface area (Å²) in [6, 6.07) is 2.52. The van der Waals surface area contributed by atoms with Gasteiger partial charge in [0.05, 0.1) is 25.9 Å². The molecule has 0 aromatic carbocycles. The van der Waals surface area contributed by atoms with Crippen molar-refractivity contribution in [3.8, 4) is 0 Å². The van der Waals surface area contributed by atoms with Crippen LogP contribution in [0.15, 0.2) is 43.7 Å². The molecule has 16 nitrogen and oxygen atoms in total. The van der Waals surface area contributed by atoms with Crippen LogP contribution in [0.25, 0.3) is 0 Å². The molecule has 0 radical (unpaired) electrons. The molecule has 234 valence electrons. The zero-order chi connectivity index (χ0) is 27.2. The van der Waals surface area contributed by atoms with Crippen molar-refractivity contribution in [2.24, 2.45) is 5.92 Å². The first-order chi connectivity index (χ1) is 18.2. The van der Waals surface area contributed by atoms with E-state index in [4.69, 9.17) is 18.9 Å². The number of aliphatic hydroxyl groups excluding tert-OH is 2. The summed E-state index contributed by atoms with van der Waals surface area (Å²) in [5.41, 5.74) is -3.46. The molecule has 8 atom stereocenters. The normalized spacial score (nSPS) is 34.7. The maximum absolute atomic E-state index is 11.9. The summed E-state index contributed by atoms with van der Waals surface area (Å²) in [6.45, 7) is 4.93. The quantitative estimate of drug-likeness (QED) is 0.238. The summed E-state index contributed by atoms with van der Waals surface area (Å²) in [6.07, 6.45) is 1.97. The average molecular weight is 679 g/mol. The summed E-state index contributed by atoms with van der Waals surface area (Å²) in [4.78, 5) is 50.3. The van der Waals surface area contributed by atoms with Gasteiger partial charge in [0.1, 0.15) is 23.4 Å². The van der Waals surface area contributed by atoms with Crippen LogP contribution in [0, 0.1) is 5.92 Å². The molecule has 4 fully saturated rings. The van der Waals surface area contributed by atoms with E-state index >= 15 is 0 Å². The molecule has 4 aliphatic heterocycles. The van der Waals surface area contributed by atoms with Gasteiger partial charge in [-0.1, -0.05) is 13.8 Å². The Hall–Kier alpha value is -2.30. The largest absolute Gasteiger partial charge is 0.412 e. The monoisotopic (exact) mass is 678 g/mol. The van der Waals surface area contributed by atoms with Gasteiger partial charge in [-0.15, -0.1) is 0 Å². The molecule has 6 rings (SSSR count). The van der Waals surface area contributed by atoms with Gasteiger partial charge in [0.2, 0.25) is 0 Å². The molecule has 4 aliphatic rings. The van der Waals surface area contributed by atoms with E-state index in [0.717, 1.165) is 12.8 Å². The Morgan fingerprint density at radius 1 is 0.878 bits per heavy atom. The smallest absolute Gasteiger partial charge is 0.330 e. The van der Waals surface area contributed by atoms with Crippen molar-refractivity contribution in [1.82, 2.24) is 19.1 Å². The topological polar surface area (TPSA) is 250 Å². The minimum Gasteiger partial charge on any atom is -0.412 e. The standard InChI is InChI=1S/C13H18N2O4.C11H14N2O6.2H2O.Pd/c1-3-9-8(2)13(5-7-18-13)11(19-9)15-6-4-10(16)14-12(15)17;14-5-6-8(16)11(2-4-18-11)9(19-6)13-3-1-7(15)12-10(13)17;;;/h4,6,8-9,11H,3,5,7H2,1-2H3,(H,14,16,17);1,3,6,8-9,14,16H,2,4-5H2,(H,12,15,17);2*1H2;/t8-,9-,11-,13-;6-,8-,9-,11-;;;/m11.../s1. The summed E-state index contributed by atoms with van der Waals surface area (Å²) in [5.74, 6) is 0.232. The van der Waals surface area contributed by atoms with E-state index in [-0.39, 0.29) is 50.0 Å². The number of hydrogen-bond donors (Lipinski definition) is 4. The zero-order valence-corrected chi connectivity index (χ0v) is 23.9. The third-order valence-electron chi connectivity index (χ3n) is 8.14. The third-order valence-corrected chi connectivity index (χ3v) is 8.14. The third kappa shape index (κ3) is 5.71. The fourth-order valence-corrected chi connectivity index (χ4v) is 5.83. The van der Waals surface area contributed by atoms with Gasteiger partial charge >= 0.3 is 11.4 Å². The molecule has 8 N–H and O–H groups in total. The van der Waals surface area contributed by atoms with E-state index in [1.54, 1.807) is 0 Å². The molecule has 17 heteroatoms. The molecule has 2 aromatic rings. The van der Waals surface area contributed by atoms with Crippen molar-refractivity contribution in [3.63, 3.8) is 0 Å². The molecular weight excluding hydrogens is 643 g/mol. The van der Waals surface area contributed by atoms with Crippen LogP contribution in [-0.2, 0) is 39.4 Å². The van der Waals surface area contributed by atoms with E-state index in [1.165, 1.54) is 33.7 Å². The van der Waals surface area contributed by atoms with Crippen molar-refractivity contribution in [3.05, 3.63) is 66.2 Å². The van der Waals surface area contributed by atoms with E-state index in [1.807, 2.05) is 0 Å². The molecule has 0 saturated carbocycles.